The monoisotopic (exact) mass is 415 g/mol. The number of hydrogen-bond acceptors (Lipinski definition) is 5. The van der Waals surface area contributed by atoms with Crippen LogP contribution < -0.4 is 4.74 Å². The molecule has 2 fully saturated rings. The normalized spacial score (nSPS) is 35.0. The van der Waals surface area contributed by atoms with E-state index in [2.05, 4.69) is 11.0 Å². The summed E-state index contributed by atoms with van der Waals surface area (Å²) in [7, 11) is 0. The molecule has 5 nitrogen and oxygen atoms in total. The van der Waals surface area contributed by atoms with Gasteiger partial charge in [-0.05, 0) is 55.8 Å². The van der Waals surface area contributed by atoms with Crippen molar-refractivity contribution >= 4 is 11.0 Å². The Kier molecular flexibility index (Phi) is 2.91. The fourth-order valence-electron chi connectivity index (χ4n) is 7.42. The second-order valence-electron chi connectivity index (χ2n) is 10.4. The number of likely N-dealkylation sites (tertiary alicyclic amines) is 1. The van der Waals surface area contributed by atoms with Crippen LogP contribution >= 0.6 is 0 Å². The Balaban J connectivity index is 1.43. The minimum absolute atomic E-state index is 0.0535. The van der Waals surface area contributed by atoms with E-state index in [1.165, 1.54) is 18.4 Å². The van der Waals surface area contributed by atoms with E-state index in [0.29, 0.717) is 12.2 Å². The minimum atomic E-state index is -0.948. The number of phenols is 1. The fourth-order valence-corrected chi connectivity index (χ4v) is 7.42. The SMILES string of the molecule is Oc1ccc2c3c1O[C@H]1c4oc5ccccc5c4CC4(O)[C@@H](C2)N(CC2CC2)CC[C@]314. The summed E-state index contributed by atoms with van der Waals surface area (Å²) in [6.07, 6.45) is 4.40. The zero-order valence-corrected chi connectivity index (χ0v) is 17.3. The Bertz CT molecular complexity index is 1280. The highest BCUT2D eigenvalue weighted by Crippen LogP contribution is 2.69. The largest absolute Gasteiger partial charge is 0.504 e. The summed E-state index contributed by atoms with van der Waals surface area (Å²) in [5, 5.41) is 24.5. The first-order valence-corrected chi connectivity index (χ1v) is 11.6. The Labute approximate surface area is 180 Å². The molecule has 0 amide bonds. The highest BCUT2D eigenvalue weighted by molar-refractivity contribution is 5.84. The number of nitrogens with zero attached hydrogens (tertiary/aromatic N) is 1. The maximum atomic E-state index is 12.7. The Hall–Kier alpha value is -2.50. The summed E-state index contributed by atoms with van der Waals surface area (Å²) in [4.78, 5) is 2.56. The van der Waals surface area contributed by atoms with Gasteiger partial charge in [0, 0.05) is 35.5 Å². The first kappa shape index (κ1) is 17.1. The van der Waals surface area contributed by atoms with Crippen LogP contribution in [-0.2, 0) is 18.3 Å². The molecule has 1 saturated carbocycles. The van der Waals surface area contributed by atoms with Crippen molar-refractivity contribution in [1.82, 2.24) is 4.90 Å². The van der Waals surface area contributed by atoms with Gasteiger partial charge in [-0.2, -0.15) is 0 Å². The summed E-state index contributed by atoms with van der Waals surface area (Å²) in [5.41, 5.74) is 2.65. The molecule has 5 aliphatic rings. The van der Waals surface area contributed by atoms with Crippen LogP contribution in [0.5, 0.6) is 11.5 Å². The molecule has 3 heterocycles. The molecular formula is C26H25NO4. The molecule has 8 rings (SSSR count). The van der Waals surface area contributed by atoms with E-state index >= 15 is 0 Å². The van der Waals surface area contributed by atoms with E-state index in [1.54, 1.807) is 6.07 Å². The van der Waals surface area contributed by atoms with Crippen molar-refractivity contribution in [2.24, 2.45) is 5.92 Å². The lowest BCUT2D eigenvalue weighted by Gasteiger charge is -2.62. The Morgan fingerprint density at radius 1 is 1.13 bits per heavy atom. The third kappa shape index (κ3) is 1.84. The predicted molar refractivity (Wildman–Crippen MR) is 114 cm³/mol. The second-order valence-corrected chi connectivity index (χ2v) is 10.4. The quantitative estimate of drug-likeness (QED) is 0.666. The fraction of sp³-hybridized carbons (Fsp3) is 0.462. The van der Waals surface area contributed by atoms with E-state index in [-0.39, 0.29) is 11.8 Å². The van der Waals surface area contributed by atoms with Crippen LogP contribution in [-0.4, -0.2) is 39.8 Å². The summed E-state index contributed by atoms with van der Waals surface area (Å²) >= 11 is 0. The predicted octanol–water partition coefficient (Wildman–Crippen LogP) is 3.84. The van der Waals surface area contributed by atoms with E-state index < -0.39 is 17.1 Å². The zero-order valence-electron chi connectivity index (χ0n) is 17.3. The lowest BCUT2D eigenvalue weighted by molar-refractivity contribution is -0.175. The molecule has 0 radical (unpaired) electrons. The van der Waals surface area contributed by atoms with Gasteiger partial charge in [0.15, 0.2) is 17.6 Å². The molecule has 1 saturated heterocycles. The first-order valence-electron chi connectivity index (χ1n) is 11.6. The van der Waals surface area contributed by atoms with Crippen LogP contribution in [0.15, 0.2) is 40.8 Å². The molecular weight excluding hydrogens is 390 g/mol. The van der Waals surface area contributed by atoms with Gasteiger partial charge in [-0.3, -0.25) is 4.90 Å². The second kappa shape index (κ2) is 5.28. The standard InChI is InChI=1S/C26H25NO4/c28-18-8-7-15-11-20-26(29)12-17-16-3-1-2-4-19(16)30-22(17)24-25(26,21(15)23(18)31-24)9-10-27(20)13-14-5-6-14/h1-4,7-8,14,20,24,28-29H,5-6,9-13H2/t20-,24+,25+,26?/m1/s1. The number of furan rings is 1. The average Bonchev–Trinajstić information content (AvgIpc) is 3.40. The molecule has 2 aliphatic heterocycles. The third-order valence-corrected chi connectivity index (χ3v) is 8.93. The molecule has 1 spiro atoms. The van der Waals surface area contributed by atoms with Crippen LogP contribution in [0.3, 0.4) is 0 Å². The number of ether oxygens (including phenoxy) is 1. The number of aliphatic hydroxyl groups is 1. The number of fused-ring (bicyclic) bond motifs is 4. The molecule has 3 aliphatic carbocycles. The van der Waals surface area contributed by atoms with E-state index in [0.717, 1.165) is 59.7 Å². The maximum absolute atomic E-state index is 12.7. The number of aromatic hydroxyl groups is 1. The molecule has 5 heteroatoms. The van der Waals surface area contributed by atoms with Gasteiger partial charge in [0.25, 0.3) is 0 Å². The van der Waals surface area contributed by atoms with Gasteiger partial charge in [-0.1, -0.05) is 24.3 Å². The number of piperidine rings is 1. The highest BCUT2D eigenvalue weighted by atomic mass is 16.5. The minimum Gasteiger partial charge on any atom is -0.504 e. The van der Waals surface area contributed by atoms with Gasteiger partial charge in [-0.15, -0.1) is 0 Å². The summed E-state index contributed by atoms with van der Waals surface area (Å²) in [6, 6.07) is 12.0. The average molecular weight is 415 g/mol. The van der Waals surface area contributed by atoms with Crippen LogP contribution in [0.4, 0.5) is 0 Å². The number of hydrogen-bond donors (Lipinski definition) is 2. The van der Waals surface area contributed by atoms with Crippen molar-refractivity contribution in [3.8, 4) is 11.5 Å². The summed E-state index contributed by atoms with van der Waals surface area (Å²) in [6.45, 7) is 2.03. The molecule has 2 aromatic carbocycles. The van der Waals surface area contributed by atoms with Crippen molar-refractivity contribution in [2.75, 3.05) is 13.1 Å². The molecule has 31 heavy (non-hydrogen) atoms. The van der Waals surface area contributed by atoms with E-state index in [9.17, 15) is 10.2 Å². The summed E-state index contributed by atoms with van der Waals surface area (Å²) < 4.78 is 12.9. The summed E-state index contributed by atoms with van der Waals surface area (Å²) in [5.74, 6) is 2.34. The first-order chi connectivity index (χ1) is 15.1. The highest BCUT2D eigenvalue weighted by Gasteiger charge is 2.73. The van der Waals surface area contributed by atoms with E-state index in [4.69, 9.17) is 9.15 Å². The molecule has 1 aromatic heterocycles. The molecule has 158 valence electrons. The van der Waals surface area contributed by atoms with Gasteiger partial charge < -0.3 is 19.4 Å². The number of benzene rings is 2. The number of rotatable bonds is 2. The molecule has 3 aromatic rings. The van der Waals surface area contributed by atoms with Crippen LogP contribution in [0.1, 0.15) is 47.8 Å². The smallest absolute Gasteiger partial charge is 0.169 e. The van der Waals surface area contributed by atoms with Gasteiger partial charge in [0.1, 0.15) is 11.3 Å². The van der Waals surface area contributed by atoms with E-state index in [1.807, 2.05) is 24.3 Å². The van der Waals surface area contributed by atoms with Crippen LogP contribution in [0.25, 0.3) is 11.0 Å². The zero-order chi connectivity index (χ0) is 20.5. The van der Waals surface area contributed by atoms with Crippen LogP contribution in [0.2, 0.25) is 0 Å². The third-order valence-electron chi connectivity index (χ3n) is 8.93. The van der Waals surface area contributed by atoms with Gasteiger partial charge in [-0.25, -0.2) is 0 Å². The molecule has 1 unspecified atom stereocenters. The van der Waals surface area contributed by atoms with Crippen molar-refractivity contribution in [3.05, 3.63) is 58.8 Å². The molecule has 2 N–H and O–H groups in total. The number of phenolic OH excluding ortho intramolecular Hbond substituents is 1. The Morgan fingerprint density at radius 2 is 2.00 bits per heavy atom. The lowest BCUT2D eigenvalue weighted by atomic mass is 9.49. The lowest BCUT2D eigenvalue weighted by Crippen LogP contribution is -2.74. The van der Waals surface area contributed by atoms with Crippen LogP contribution in [0, 0.1) is 5.92 Å². The van der Waals surface area contributed by atoms with Crippen molar-refractivity contribution in [3.63, 3.8) is 0 Å². The van der Waals surface area contributed by atoms with Gasteiger partial charge in [0.05, 0.1) is 11.0 Å². The van der Waals surface area contributed by atoms with Crippen molar-refractivity contribution in [2.45, 2.75) is 55.3 Å². The van der Waals surface area contributed by atoms with Gasteiger partial charge in [0.2, 0.25) is 0 Å². The maximum Gasteiger partial charge on any atom is 0.169 e. The Morgan fingerprint density at radius 3 is 2.87 bits per heavy atom. The van der Waals surface area contributed by atoms with Crippen molar-refractivity contribution in [1.29, 1.82) is 0 Å². The molecule has 2 bridgehead atoms. The van der Waals surface area contributed by atoms with Crippen molar-refractivity contribution < 1.29 is 19.4 Å². The molecule has 4 atom stereocenters. The van der Waals surface area contributed by atoms with Gasteiger partial charge >= 0.3 is 0 Å². The number of para-hydroxylation sites is 1. The topological polar surface area (TPSA) is 66.1 Å².